The minimum absolute atomic E-state index is 0.316. The van der Waals surface area contributed by atoms with Crippen molar-refractivity contribution in [1.29, 1.82) is 0 Å². The standard InChI is InChI=1S/C10H17NO6/c1-10(2,3)17-9(16)11-6(8(14)15)4-5-7(12)13/h6H,4-5H2,1-3H3,(H,11,16)(H,12,13)(H,14,15)/p-2. The number of aliphatic carboxylic acids is 2. The Kier molecular flexibility index (Phi) is 5.43. The molecule has 0 saturated heterocycles. The fraction of sp³-hybridized carbons (Fsp3) is 0.700. The molecule has 0 saturated carbocycles. The van der Waals surface area contributed by atoms with Gasteiger partial charge in [0.05, 0.1) is 12.0 Å². The van der Waals surface area contributed by atoms with E-state index in [0.717, 1.165) is 0 Å². The maximum absolute atomic E-state index is 11.2. The van der Waals surface area contributed by atoms with Crippen LogP contribution in [-0.2, 0) is 14.3 Å². The summed E-state index contributed by atoms with van der Waals surface area (Å²) < 4.78 is 4.82. The lowest BCUT2D eigenvalue weighted by Crippen LogP contribution is -2.49. The van der Waals surface area contributed by atoms with Crippen molar-refractivity contribution in [2.75, 3.05) is 0 Å². The molecule has 0 aliphatic carbocycles. The van der Waals surface area contributed by atoms with Crippen molar-refractivity contribution >= 4 is 18.0 Å². The van der Waals surface area contributed by atoms with Crippen LogP contribution >= 0.6 is 0 Å². The number of carboxylic acid groups (broad SMARTS) is 2. The molecule has 0 aliphatic rings. The van der Waals surface area contributed by atoms with Gasteiger partial charge < -0.3 is 29.9 Å². The second kappa shape index (κ2) is 6.07. The van der Waals surface area contributed by atoms with Crippen molar-refractivity contribution in [2.45, 2.75) is 45.3 Å². The third-order valence-corrected chi connectivity index (χ3v) is 1.61. The van der Waals surface area contributed by atoms with Gasteiger partial charge in [0.1, 0.15) is 5.60 Å². The van der Waals surface area contributed by atoms with Gasteiger partial charge in [-0.15, -0.1) is 0 Å². The predicted octanol–water partition coefficient (Wildman–Crippen LogP) is -1.84. The second-order valence-corrected chi connectivity index (χ2v) is 4.43. The summed E-state index contributed by atoms with van der Waals surface area (Å²) in [5.41, 5.74) is -0.769. The first-order chi connectivity index (χ1) is 7.61. The van der Waals surface area contributed by atoms with E-state index in [2.05, 4.69) is 0 Å². The van der Waals surface area contributed by atoms with E-state index in [-0.39, 0.29) is 6.42 Å². The SMILES string of the molecule is CC(C)(C)OC(=O)NC(CCC(=O)[O-])C(=O)[O-]. The van der Waals surface area contributed by atoms with Gasteiger partial charge in [-0.3, -0.25) is 0 Å². The minimum atomic E-state index is -1.57. The molecular formula is C10H15NO6-2. The topological polar surface area (TPSA) is 119 Å². The van der Waals surface area contributed by atoms with Gasteiger partial charge in [0, 0.05) is 5.97 Å². The van der Waals surface area contributed by atoms with E-state index in [1.54, 1.807) is 20.8 Å². The second-order valence-electron chi connectivity index (χ2n) is 4.43. The first kappa shape index (κ1) is 15.2. The Labute approximate surface area is 98.8 Å². The molecule has 0 aromatic rings. The predicted molar refractivity (Wildman–Crippen MR) is 52.4 cm³/mol. The zero-order chi connectivity index (χ0) is 13.6. The average molecular weight is 245 g/mol. The van der Waals surface area contributed by atoms with Gasteiger partial charge >= 0.3 is 6.09 Å². The summed E-state index contributed by atoms with van der Waals surface area (Å²) in [6.07, 6.45) is -1.75. The van der Waals surface area contributed by atoms with E-state index in [1.807, 2.05) is 5.32 Å². The number of carbonyl (C=O) groups excluding carboxylic acids is 3. The molecule has 0 aromatic heterocycles. The van der Waals surface area contributed by atoms with Gasteiger partial charge in [0.25, 0.3) is 0 Å². The van der Waals surface area contributed by atoms with E-state index >= 15 is 0 Å². The number of nitrogens with one attached hydrogen (secondary N) is 1. The first-order valence-electron chi connectivity index (χ1n) is 5.02. The molecule has 98 valence electrons. The lowest BCUT2D eigenvalue weighted by Gasteiger charge is -2.24. The summed E-state index contributed by atoms with van der Waals surface area (Å²) in [5.74, 6) is -2.97. The van der Waals surface area contributed by atoms with E-state index in [0.29, 0.717) is 0 Å². The smallest absolute Gasteiger partial charge is 0.408 e. The normalized spacial score (nSPS) is 12.6. The third kappa shape index (κ3) is 8.06. The maximum atomic E-state index is 11.2. The Hall–Kier alpha value is -1.79. The largest absolute Gasteiger partial charge is 0.550 e. The van der Waals surface area contributed by atoms with Gasteiger partial charge in [-0.1, -0.05) is 0 Å². The van der Waals surface area contributed by atoms with Crippen molar-refractivity contribution < 1.29 is 29.3 Å². The van der Waals surface area contributed by atoms with Gasteiger partial charge in [-0.05, 0) is 33.6 Å². The van der Waals surface area contributed by atoms with Crippen LogP contribution in [0.15, 0.2) is 0 Å². The van der Waals surface area contributed by atoms with Crippen LogP contribution in [0.25, 0.3) is 0 Å². The number of amides is 1. The van der Waals surface area contributed by atoms with E-state index in [4.69, 9.17) is 4.74 Å². The van der Waals surface area contributed by atoms with Crippen LogP contribution < -0.4 is 15.5 Å². The number of rotatable bonds is 5. The summed E-state index contributed by atoms with van der Waals surface area (Å²) in [6, 6.07) is -1.41. The monoisotopic (exact) mass is 245 g/mol. The van der Waals surface area contributed by atoms with Gasteiger partial charge in [0.15, 0.2) is 0 Å². The zero-order valence-corrected chi connectivity index (χ0v) is 9.94. The van der Waals surface area contributed by atoms with Crippen LogP contribution in [-0.4, -0.2) is 29.7 Å². The molecule has 0 aromatic carbocycles. The Bertz CT molecular complexity index is 306. The Balaban J connectivity index is 4.30. The number of hydrogen-bond donors (Lipinski definition) is 1. The molecule has 0 aliphatic heterocycles. The highest BCUT2D eigenvalue weighted by Gasteiger charge is 2.19. The fourth-order valence-electron chi connectivity index (χ4n) is 0.961. The summed E-state index contributed by atoms with van der Waals surface area (Å²) >= 11 is 0. The quantitative estimate of drug-likeness (QED) is 0.608. The third-order valence-electron chi connectivity index (χ3n) is 1.61. The van der Waals surface area contributed by atoms with E-state index < -0.39 is 36.1 Å². The molecule has 7 nitrogen and oxygen atoms in total. The van der Waals surface area contributed by atoms with Crippen LogP contribution in [0.1, 0.15) is 33.6 Å². The molecule has 17 heavy (non-hydrogen) atoms. The van der Waals surface area contributed by atoms with Crippen LogP contribution in [0.4, 0.5) is 4.79 Å². The number of hydrogen-bond acceptors (Lipinski definition) is 6. The fourth-order valence-corrected chi connectivity index (χ4v) is 0.961. The average Bonchev–Trinajstić information content (AvgIpc) is 2.08. The lowest BCUT2D eigenvalue weighted by molar-refractivity contribution is -0.310. The molecule has 7 heteroatoms. The number of carboxylic acids is 2. The highest BCUT2D eigenvalue weighted by Crippen LogP contribution is 2.07. The molecule has 1 unspecified atom stereocenters. The van der Waals surface area contributed by atoms with Crippen LogP contribution in [0, 0.1) is 0 Å². The number of alkyl carbamates (subject to hydrolysis) is 1. The first-order valence-corrected chi connectivity index (χ1v) is 5.02. The van der Waals surface area contributed by atoms with Gasteiger partial charge in [-0.2, -0.15) is 0 Å². The Morgan fingerprint density at radius 3 is 2.12 bits per heavy atom. The molecule has 0 heterocycles. The van der Waals surface area contributed by atoms with Crippen molar-refractivity contribution in [3.05, 3.63) is 0 Å². The van der Waals surface area contributed by atoms with E-state index in [9.17, 15) is 24.6 Å². The molecule has 0 fully saturated rings. The minimum Gasteiger partial charge on any atom is -0.550 e. The molecule has 0 radical (unpaired) electrons. The highest BCUT2D eigenvalue weighted by molar-refractivity contribution is 5.79. The molecule has 1 N–H and O–H groups in total. The molecule has 0 spiro atoms. The summed E-state index contributed by atoms with van der Waals surface area (Å²) in [5, 5.41) is 22.8. The maximum Gasteiger partial charge on any atom is 0.408 e. The molecule has 0 rings (SSSR count). The Morgan fingerprint density at radius 1 is 1.24 bits per heavy atom. The summed E-state index contributed by atoms with van der Waals surface area (Å²) in [7, 11) is 0. The Morgan fingerprint density at radius 2 is 1.76 bits per heavy atom. The van der Waals surface area contributed by atoms with Crippen molar-refractivity contribution in [1.82, 2.24) is 5.32 Å². The van der Waals surface area contributed by atoms with Crippen molar-refractivity contribution in [2.24, 2.45) is 0 Å². The van der Waals surface area contributed by atoms with Crippen molar-refractivity contribution in [3.8, 4) is 0 Å². The van der Waals surface area contributed by atoms with Gasteiger partial charge in [-0.25, -0.2) is 4.79 Å². The number of carbonyl (C=O) groups is 3. The molecule has 0 bridgehead atoms. The molecular weight excluding hydrogens is 230 g/mol. The van der Waals surface area contributed by atoms with E-state index in [1.165, 1.54) is 0 Å². The van der Waals surface area contributed by atoms with Crippen molar-refractivity contribution in [3.63, 3.8) is 0 Å². The zero-order valence-electron chi connectivity index (χ0n) is 9.94. The highest BCUT2D eigenvalue weighted by atomic mass is 16.6. The molecule has 1 atom stereocenters. The van der Waals surface area contributed by atoms with Gasteiger partial charge in [0.2, 0.25) is 0 Å². The lowest BCUT2D eigenvalue weighted by atomic mass is 10.1. The molecule has 1 amide bonds. The van der Waals surface area contributed by atoms with Crippen LogP contribution in [0.2, 0.25) is 0 Å². The number of ether oxygens (including phenoxy) is 1. The van der Waals surface area contributed by atoms with Crippen LogP contribution in [0.3, 0.4) is 0 Å². The summed E-state index contributed by atoms with van der Waals surface area (Å²) in [6.45, 7) is 4.84. The van der Waals surface area contributed by atoms with Crippen LogP contribution in [0.5, 0.6) is 0 Å². The summed E-state index contributed by atoms with van der Waals surface area (Å²) in [4.78, 5) is 32.0.